The van der Waals surface area contributed by atoms with Crippen molar-refractivity contribution in [2.45, 2.75) is 5.16 Å². The lowest BCUT2D eigenvalue weighted by atomic mass is 10.2. The molecule has 5 nitrogen and oxygen atoms in total. The molecule has 2 aromatic carbocycles. The molecule has 2 aromatic heterocycles. The van der Waals surface area contributed by atoms with Crippen molar-refractivity contribution < 1.29 is 9.53 Å². The van der Waals surface area contributed by atoms with Gasteiger partial charge in [0, 0.05) is 5.56 Å². The van der Waals surface area contributed by atoms with E-state index in [0.717, 1.165) is 22.1 Å². The van der Waals surface area contributed by atoms with Gasteiger partial charge in [0.05, 0.1) is 23.4 Å². The first-order chi connectivity index (χ1) is 13.8. The first-order valence-electron chi connectivity index (χ1n) is 8.61. The first kappa shape index (κ1) is 18.5. The van der Waals surface area contributed by atoms with Crippen LogP contribution in [-0.2, 0) is 0 Å². The molecule has 0 aliphatic rings. The third-order valence-corrected chi connectivity index (χ3v) is 5.93. The number of thioether (sulfide) groups is 1. The lowest BCUT2D eigenvalue weighted by molar-refractivity contribution is 0.102. The maximum atomic E-state index is 12.5. The number of aromatic nitrogens is 3. The number of carbonyl (C=O) groups excluding carboxylic acids is 1. The van der Waals surface area contributed by atoms with Crippen LogP contribution >= 0.6 is 23.1 Å². The second kappa shape index (κ2) is 8.41. The molecule has 0 saturated heterocycles. The molecule has 0 amide bonds. The lowest BCUT2D eigenvalue weighted by Crippen LogP contribution is -2.04. The van der Waals surface area contributed by atoms with Crippen LogP contribution in [0.15, 0.2) is 77.3 Å². The van der Waals surface area contributed by atoms with Gasteiger partial charge in [-0.1, -0.05) is 48.2 Å². The highest BCUT2D eigenvalue weighted by molar-refractivity contribution is 7.99. The van der Waals surface area contributed by atoms with Crippen LogP contribution in [0, 0.1) is 0 Å². The van der Waals surface area contributed by atoms with Crippen LogP contribution in [0.2, 0.25) is 0 Å². The fourth-order valence-electron chi connectivity index (χ4n) is 2.73. The van der Waals surface area contributed by atoms with Crippen molar-refractivity contribution in [3.8, 4) is 22.1 Å². The summed E-state index contributed by atoms with van der Waals surface area (Å²) in [5, 5.41) is 11.4. The highest BCUT2D eigenvalue weighted by Gasteiger charge is 2.18. The fourth-order valence-corrected chi connectivity index (χ4v) is 4.28. The van der Waals surface area contributed by atoms with Gasteiger partial charge in [-0.3, -0.25) is 9.36 Å². The molecule has 28 heavy (non-hydrogen) atoms. The van der Waals surface area contributed by atoms with E-state index in [9.17, 15) is 4.79 Å². The SMILES string of the molecule is COc1ccc(-n2c(SCC(=O)c3ccccc3)nnc2-c2cccs2)cc1. The van der Waals surface area contributed by atoms with Crippen LogP contribution in [-0.4, -0.2) is 33.4 Å². The Morgan fingerprint density at radius 2 is 1.82 bits per heavy atom. The monoisotopic (exact) mass is 407 g/mol. The second-order valence-corrected chi connectivity index (χ2v) is 7.78. The normalized spacial score (nSPS) is 10.8. The van der Waals surface area contributed by atoms with Crippen molar-refractivity contribution in [2.75, 3.05) is 12.9 Å². The molecule has 0 unspecified atom stereocenters. The van der Waals surface area contributed by atoms with Gasteiger partial charge >= 0.3 is 0 Å². The number of hydrogen-bond acceptors (Lipinski definition) is 6. The predicted octanol–water partition coefficient (Wildman–Crippen LogP) is 4.98. The third-order valence-electron chi connectivity index (χ3n) is 4.13. The van der Waals surface area contributed by atoms with Gasteiger partial charge in [0.15, 0.2) is 16.8 Å². The van der Waals surface area contributed by atoms with Crippen molar-refractivity contribution in [2.24, 2.45) is 0 Å². The van der Waals surface area contributed by atoms with Crippen molar-refractivity contribution in [1.29, 1.82) is 0 Å². The zero-order valence-electron chi connectivity index (χ0n) is 15.1. The van der Waals surface area contributed by atoms with Crippen LogP contribution in [0.25, 0.3) is 16.4 Å². The van der Waals surface area contributed by atoms with Gasteiger partial charge in [0.25, 0.3) is 0 Å². The van der Waals surface area contributed by atoms with Gasteiger partial charge < -0.3 is 4.74 Å². The molecule has 0 bridgehead atoms. The average molecular weight is 408 g/mol. The van der Waals surface area contributed by atoms with Gasteiger partial charge in [-0.15, -0.1) is 21.5 Å². The van der Waals surface area contributed by atoms with Crippen molar-refractivity contribution in [1.82, 2.24) is 14.8 Å². The number of hydrogen-bond donors (Lipinski definition) is 0. The zero-order chi connectivity index (χ0) is 19.3. The van der Waals surface area contributed by atoms with Crippen LogP contribution in [0.4, 0.5) is 0 Å². The van der Waals surface area contributed by atoms with Gasteiger partial charge in [0.1, 0.15) is 5.75 Å². The predicted molar refractivity (Wildman–Crippen MR) is 113 cm³/mol. The number of benzene rings is 2. The highest BCUT2D eigenvalue weighted by atomic mass is 32.2. The molecule has 0 N–H and O–H groups in total. The maximum absolute atomic E-state index is 12.5. The molecule has 0 atom stereocenters. The molecule has 7 heteroatoms. The molecule has 0 radical (unpaired) electrons. The molecule has 2 heterocycles. The van der Waals surface area contributed by atoms with Gasteiger partial charge in [-0.2, -0.15) is 0 Å². The number of methoxy groups -OCH3 is 1. The maximum Gasteiger partial charge on any atom is 0.196 e. The Balaban J connectivity index is 1.66. The van der Waals surface area contributed by atoms with Crippen molar-refractivity contribution >= 4 is 28.9 Å². The van der Waals surface area contributed by atoms with E-state index in [1.165, 1.54) is 11.8 Å². The summed E-state index contributed by atoms with van der Waals surface area (Å²) in [6.07, 6.45) is 0. The van der Waals surface area contributed by atoms with Crippen LogP contribution in [0.1, 0.15) is 10.4 Å². The summed E-state index contributed by atoms with van der Waals surface area (Å²) in [7, 11) is 1.64. The van der Waals surface area contributed by atoms with Crippen molar-refractivity contribution in [3.05, 3.63) is 77.7 Å². The molecular formula is C21H17N3O2S2. The summed E-state index contributed by atoms with van der Waals surface area (Å²) >= 11 is 2.99. The number of carbonyl (C=O) groups is 1. The van der Waals surface area contributed by atoms with Crippen LogP contribution in [0.5, 0.6) is 5.75 Å². The first-order valence-corrected chi connectivity index (χ1v) is 10.5. The van der Waals surface area contributed by atoms with E-state index in [1.54, 1.807) is 18.4 Å². The lowest BCUT2D eigenvalue weighted by Gasteiger charge is -2.10. The Kier molecular flexibility index (Phi) is 5.55. The van der Waals surface area contributed by atoms with E-state index in [2.05, 4.69) is 10.2 Å². The summed E-state index contributed by atoms with van der Waals surface area (Å²) in [5.74, 6) is 1.90. The molecule has 4 rings (SSSR count). The second-order valence-electron chi connectivity index (χ2n) is 5.89. The minimum Gasteiger partial charge on any atom is -0.497 e. The summed E-state index contributed by atoms with van der Waals surface area (Å²) in [5.41, 5.74) is 1.62. The van der Waals surface area contributed by atoms with Gasteiger partial charge in [0.2, 0.25) is 0 Å². The van der Waals surface area contributed by atoms with E-state index in [-0.39, 0.29) is 5.78 Å². The Hall–Kier alpha value is -2.90. The number of thiophene rings is 1. The van der Waals surface area contributed by atoms with Crippen LogP contribution in [0.3, 0.4) is 0 Å². The zero-order valence-corrected chi connectivity index (χ0v) is 16.7. The summed E-state index contributed by atoms with van der Waals surface area (Å²) in [6.45, 7) is 0. The quantitative estimate of drug-likeness (QED) is 0.319. The number of rotatable bonds is 7. The van der Waals surface area contributed by atoms with E-state index >= 15 is 0 Å². The van der Waals surface area contributed by atoms with E-state index in [1.807, 2.05) is 76.7 Å². The summed E-state index contributed by atoms with van der Waals surface area (Å²) < 4.78 is 7.24. The minimum absolute atomic E-state index is 0.0626. The molecular weight excluding hydrogens is 390 g/mol. The number of nitrogens with zero attached hydrogens (tertiary/aromatic N) is 3. The molecule has 0 aliphatic heterocycles. The molecule has 0 fully saturated rings. The van der Waals surface area contributed by atoms with Gasteiger partial charge in [-0.25, -0.2) is 0 Å². The van der Waals surface area contributed by atoms with Crippen LogP contribution < -0.4 is 4.74 Å². The Labute approximate surface area is 171 Å². The molecule has 0 spiro atoms. The standard InChI is InChI=1S/C21H17N3O2S2/c1-26-17-11-9-16(10-12-17)24-20(19-8-5-13-27-19)22-23-21(24)28-14-18(25)15-6-3-2-4-7-15/h2-13H,14H2,1H3. The topological polar surface area (TPSA) is 57.0 Å². The molecule has 4 aromatic rings. The Morgan fingerprint density at radius 3 is 2.50 bits per heavy atom. The third kappa shape index (κ3) is 3.85. The van der Waals surface area contributed by atoms with E-state index in [0.29, 0.717) is 16.5 Å². The summed E-state index contributed by atoms with van der Waals surface area (Å²) in [6, 6.07) is 21.0. The molecule has 0 saturated carbocycles. The number of ether oxygens (including phenoxy) is 1. The molecule has 0 aliphatic carbocycles. The summed E-state index contributed by atoms with van der Waals surface area (Å²) in [4.78, 5) is 13.5. The van der Waals surface area contributed by atoms with Crippen molar-refractivity contribution in [3.63, 3.8) is 0 Å². The largest absolute Gasteiger partial charge is 0.497 e. The fraction of sp³-hybridized carbons (Fsp3) is 0.0952. The average Bonchev–Trinajstić information content (AvgIpc) is 3.42. The van der Waals surface area contributed by atoms with E-state index in [4.69, 9.17) is 4.74 Å². The number of ketones is 1. The minimum atomic E-state index is 0.0626. The smallest absolute Gasteiger partial charge is 0.196 e. The Bertz CT molecular complexity index is 1060. The van der Waals surface area contributed by atoms with E-state index < -0.39 is 0 Å². The highest BCUT2D eigenvalue weighted by Crippen LogP contribution is 2.31. The number of Topliss-reactive ketones (excluding diaryl/α,β-unsaturated/α-hetero) is 1. The van der Waals surface area contributed by atoms with Gasteiger partial charge in [-0.05, 0) is 35.7 Å². The molecule has 140 valence electrons. The Morgan fingerprint density at radius 1 is 1.04 bits per heavy atom.